The van der Waals surface area contributed by atoms with E-state index in [1.807, 2.05) is 0 Å². The molecular formula is C13H21N3O. The van der Waals surface area contributed by atoms with Crippen molar-refractivity contribution in [3.63, 3.8) is 0 Å². The Morgan fingerprint density at radius 3 is 2.47 bits per heavy atom. The van der Waals surface area contributed by atoms with E-state index in [0.717, 1.165) is 25.7 Å². The van der Waals surface area contributed by atoms with E-state index in [1.54, 1.807) is 0 Å². The zero-order chi connectivity index (χ0) is 12.1. The van der Waals surface area contributed by atoms with E-state index in [9.17, 15) is 4.79 Å². The summed E-state index contributed by atoms with van der Waals surface area (Å²) < 4.78 is 0. The number of hydrogen-bond donors (Lipinski definition) is 2. The molecule has 0 aliphatic heterocycles. The molecule has 2 fully saturated rings. The standard InChI is InChI=1S/C13H21N3O/c14-9-12(8-13(17)16-11-6-7-11)15-10-4-2-1-3-5-10/h10-12,15H,1-8H2,(H,16,17). The van der Waals surface area contributed by atoms with Gasteiger partial charge < -0.3 is 5.32 Å². The van der Waals surface area contributed by atoms with Crippen molar-refractivity contribution >= 4 is 5.91 Å². The van der Waals surface area contributed by atoms with Gasteiger partial charge in [-0.3, -0.25) is 10.1 Å². The Morgan fingerprint density at radius 1 is 1.18 bits per heavy atom. The van der Waals surface area contributed by atoms with E-state index in [0.29, 0.717) is 18.5 Å². The molecule has 0 aromatic rings. The highest BCUT2D eigenvalue weighted by atomic mass is 16.1. The van der Waals surface area contributed by atoms with Gasteiger partial charge in [0.15, 0.2) is 0 Å². The molecule has 94 valence electrons. The molecule has 2 saturated carbocycles. The van der Waals surface area contributed by atoms with Gasteiger partial charge in [0.2, 0.25) is 5.91 Å². The van der Waals surface area contributed by atoms with E-state index in [2.05, 4.69) is 16.7 Å². The molecule has 0 bridgehead atoms. The summed E-state index contributed by atoms with van der Waals surface area (Å²) in [4.78, 5) is 11.6. The normalized spacial score (nSPS) is 22.8. The first kappa shape index (κ1) is 12.4. The Balaban J connectivity index is 1.71. The molecule has 2 rings (SSSR count). The Labute approximate surface area is 103 Å². The van der Waals surface area contributed by atoms with Crippen LogP contribution in [-0.2, 0) is 4.79 Å². The molecule has 17 heavy (non-hydrogen) atoms. The minimum Gasteiger partial charge on any atom is -0.353 e. The number of amides is 1. The number of hydrogen-bond acceptors (Lipinski definition) is 3. The maximum atomic E-state index is 11.6. The second-order valence-corrected chi connectivity index (χ2v) is 5.23. The summed E-state index contributed by atoms with van der Waals surface area (Å²) in [7, 11) is 0. The molecule has 2 aliphatic rings. The van der Waals surface area contributed by atoms with Crippen molar-refractivity contribution < 1.29 is 4.79 Å². The smallest absolute Gasteiger partial charge is 0.222 e. The highest BCUT2D eigenvalue weighted by Crippen LogP contribution is 2.20. The summed E-state index contributed by atoms with van der Waals surface area (Å²) in [6.45, 7) is 0. The lowest BCUT2D eigenvalue weighted by Crippen LogP contribution is -2.42. The summed E-state index contributed by atoms with van der Waals surface area (Å²) >= 11 is 0. The van der Waals surface area contributed by atoms with E-state index in [1.165, 1.54) is 19.3 Å². The Bertz CT molecular complexity index is 300. The second kappa shape index (κ2) is 6.02. The Kier molecular flexibility index (Phi) is 4.38. The zero-order valence-electron chi connectivity index (χ0n) is 10.2. The van der Waals surface area contributed by atoms with Crippen molar-refractivity contribution in [3.05, 3.63) is 0 Å². The van der Waals surface area contributed by atoms with Crippen molar-refractivity contribution in [2.24, 2.45) is 0 Å². The van der Waals surface area contributed by atoms with Gasteiger partial charge in [-0.05, 0) is 25.7 Å². The maximum absolute atomic E-state index is 11.6. The van der Waals surface area contributed by atoms with Crippen molar-refractivity contribution in [3.8, 4) is 6.07 Å². The third-order valence-corrected chi connectivity index (χ3v) is 3.53. The third kappa shape index (κ3) is 4.35. The lowest BCUT2D eigenvalue weighted by Gasteiger charge is -2.25. The second-order valence-electron chi connectivity index (χ2n) is 5.23. The minimum absolute atomic E-state index is 0.0161. The van der Waals surface area contributed by atoms with Gasteiger partial charge in [-0.15, -0.1) is 0 Å². The number of carbonyl (C=O) groups excluding carboxylic acids is 1. The van der Waals surface area contributed by atoms with Crippen LogP contribution in [0, 0.1) is 11.3 Å². The van der Waals surface area contributed by atoms with Crippen LogP contribution in [0.3, 0.4) is 0 Å². The molecule has 2 N–H and O–H groups in total. The molecule has 0 aromatic carbocycles. The predicted octanol–water partition coefficient (Wildman–Crippen LogP) is 1.47. The summed E-state index contributed by atoms with van der Waals surface area (Å²) in [6.07, 6.45) is 8.55. The summed E-state index contributed by atoms with van der Waals surface area (Å²) in [5.74, 6) is 0.0161. The lowest BCUT2D eigenvalue weighted by atomic mass is 9.94. The molecule has 0 aromatic heterocycles. The van der Waals surface area contributed by atoms with Crippen LogP contribution in [0.4, 0.5) is 0 Å². The van der Waals surface area contributed by atoms with E-state index < -0.39 is 0 Å². The molecule has 0 radical (unpaired) electrons. The molecule has 2 aliphatic carbocycles. The lowest BCUT2D eigenvalue weighted by molar-refractivity contribution is -0.121. The highest BCUT2D eigenvalue weighted by Gasteiger charge is 2.25. The van der Waals surface area contributed by atoms with Gasteiger partial charge in [-0.25, -0.2) is 0 Å². The molecule has 1 unspecified atom stereocenters. The van der Waals surface area contributed by atoms with Crippen LogP contribution in [-0.4, -0.2) is 24.0 Å². The van der Waals surface area contributed by atoms with E-state index in [-0.39, 0.29) is 11.9 Å². The first-order valence-corrected chi connectivity index (χ1v) is 6.73. The van der Waals surface area contributed by atoms with Gasteiger partial charge in [0, 0.05) is 12.1 Å². The van der Waals surface area contributed by atoms with Crippen molar-refractivity contribution in [2.45, 2.75) is 69.5 Å². The fraction of sp³-hybridized carbons (Fsp3) is 0.846. The van der Waals surface area contributed by atoms with E-state index in [4.69, 9.17) is 5.26 Å². The third-order valence-electron chi connectivity index (χ3n) is 3.53. The molecular weight excluding hydrogens is 214 g/mol. The van der Waals surface area contributed by atoms with Crippen molar-refractivity contribution in [1.82, 2.24) is 10.6 Å². The summed E-state index contributed by atoms with van der Waals surface area (Å²) in [5, 5.41) is 15.3. The Morgan fingerprint density at radius 2 is 1.88 bits per heavy atom. The molecule has 0 spiro atoms. The molecule has 4 heteroatoms. The Hall–Kier alpha value is -1.08. The molecule has 0 saturated heterocycles. The number of nitriles is 1. The highest BCUT2D eigenvalue weighted by molar-refractivity contribution is 5.77. The largest absolute Gasteiger partial charge is 0.353 e. The molecule has 1 atom stereocenters. The van der Waals surface area contributed by atoms with Crippen LogP contribution in [0.15, 0.2) is 0 Å². The minimum atomic E-state index is -0.322. The first-order valence-electron chi connectivity index (χ1n) is 6.73. The molecule has 1 amide bonds. The molecule has 4 nitrogen and oxygen atoms in total. The van der Waals surface area contributed by atoms with Gasteiger partial charge in [0.05, 0.1) is 12.5 Å². The van der Waals surface area contributed by atoms with E-state index >= 15 is 0 Å². The van der Waals surface area contributed by atoms with Gasteiger partial charge >= 0.3 is 0 Å². The van der Waals surface area contributed by atoms with Gasteiger partial charge in [0.1, 0.15) is 6.04 Å². The fourth-order valence-electron chi connectivity index (χ4n) is 2.40. The fourth-order valence-corrected chi connectivity index (χ4v) is 2.40. The van der Waals surface area contributed by atoms with Crippen LogP contribution in [0.25, 0.3) is 0 Å². The van der Waals surface area contributed by atoms with Crippen LogP contribution in [0.1, 0.15) is 51.4 Å². The maximum Gasteiger partial charge on any atom is 0.222 e. The quantitative estimate of drug-likeness (QED) is 0.758. The number of rotatable bonds is 5. The monoisotopic (exact) mass is 235 g/mol. The van der Waals surface area contributed by atoms with Gasteiger partial charge in [0.25, 0.3) is 0 Å². The zero-order valence-corrected chi connectivity index (χ0v) is 10.2. The predicted molar refractivity (Wildman–Crippen MR) is 65.2 cm³/mol. The molecule has 0 heterocycles. The topological polar surface area (TPSA) is 64.9 Å². The summed E-state index contributed by atoms with van der Waals surface area (Å²) in [6, 6.07) is 2.70. The number of nitrogens with zero attached hydrogens (tertiary/aromatic N) is 1. The number of carbonyl (C=O) groups is 1. The SMILES string of the molecule is N#CC(CC(=O)NC1CC1)NC1CCCCC1. The first-order chi connectivity index (χ1) is 8.28. The number of nitrogens with one attached hydrogen (secondary N) is 2. The average Bonchev–Trinajstić information content (AvgIpc) is 3.13. The van der Waals surface area contributed by atoms with Crippen LogP contribution in [0.5, 0.6) is 0 Å². The van der Waals surface area contributed by atoms with Crippen molar-refractivity contribution in [1.29, 1.82) is 5.26 Å². The van der Waals surface area contributed by atoms with Gasteiger partial charge in [-0.2, -0.15) is 5.26 Å². The summed E-state index contributed by atoms with van der Waals surface area (Å²) in [5.41, 5.74) is 0. The van der Waals surface area contributed by atoms with Gasteiger partial charge in [-0.1, -0.05) is 19.3 Å². The van der Waals surface area contributed by atoms with Crippen molar-refractivity contribution in [2.75, 3.05) is 0 Å². The van der Waals surface area contributed by atoms with Crippen LogP contribution in [0.2, 0.25) is 0 Å². The van der Waals surface area contributed by atoms with Crippen LogP contribution < -0.4 is 10.6 Å². The van der Waals surface area contributed by atoms with Crippen LogP contribution >= 0.6 is 0 Å². The average molecular weight is 235 g/mol.